The number of hydrogen-bond acceptors (Lipinski definition) is 3. The number of carbonyl (C=O) groups excluding carboxylic acids is 1. The van der Waals surface area contributed by atoms with Crippen molar-refractivity contribution in [2.45, 2.75) is 26.3 Å². The van der Waals surface area contributed by atoms with Gasteiger partial charge in [-0.2, -0.15) is 11.8 Å². The van der Waals surface area contributed by atoms with E-state index in [1.54, 1.807) is 11.8 Å². The second kappa shape index (κ2) is 7.43. The van der Waals surface area contributed by atoms with Gasteiger partial charge in [-0.15, -0.1) is 0 Å². The van der Waals surface area contributed by atoms with Crippen molar-refractivity contribution in [2.75, 3.05) is 18.1 Å². The van der Waals surface area contributed by atoms with E-state index >= 15 is 0 Å². The molecule has 1 unspecified atom stereocenters. The Bertz CT molecular complexity index is 130. The summed E-state index contributed by atoms with van der Waals surface area (Å²) in [7, 11) is 0. The number of amides is 1. The SMILES string of the molecule is CCSCCC(=O)NC(C)CN. The number of rotatable bonds is 6. The quantitative estimate of drug-likeness (QED) is 0.603. The van der Waals surface area contributed by atoms with Gasteiger partial charge in [0.05, 0.1) is 0 Å². The van der Waals surface area contributed by atoms with Crippen molar-refractivity contribution in [3.8, 4) is 0 Å². The maximum atomic E-state index is 11.1. The Morgan fingerprint density at radius 1 is 1.67 bits per heavy atom. The van der Waals surface area contributed by atoms with E-state index in [9.17, 15) is 4.79 Å². The van der Waals surface area contributed by atoms with Gasteiger partial charge in [-0.05, 0) is 12.7 Å². The molecule has 0 aliphatic heterocycles. The highest BCUT2D eigenvalue weighted by Crippen LogP contribution is 2.00. The summed E-state index contributed by atoms with van der Waals surface area (Å²) < 4.78 is 0. The number of nitrogens with two attached hydrogens (primary N) is 1. The van der Waals surface area contributed by atoms with Crippen LogP contribution < -0.4 is 11.1 Å². The van der Waals surface area contributed by atoms with Gasteiger partial charge in [-0.25, -0.2) is 0 Å². The molecule has 0 aromatic rings. The van der Waals surface area contributed by atoms with E-state index in [1.165, 1.54) is 0 Å². The van der Waals surface area contributed by atoms with E-state index in [-0.39, 0.29) is 11.9 Å². The third-order valence-corrected chi connectivity index (χ3v) is 2.34. The van der Waals surface area contributed by atoms with Gasteiger partial charge in [-0.1, -0.05) is 6.92 Å². The van der Waals surface area contributed by atoms with Crippen LogP contribution in [0.5, 0.6) is 0 Å². The highest BCUT2D eigenvalue weighted by molar-refractivity contribution is 7.99. The minimum atomic E-state index is 0.101. The Balaban J connectivity index is 3.33. The molecule has 0 bridgehead atoms. The van der Waals surface area contributed by atoms with Crippen LogP contribution in [0, 0.1) is 0 Å². The molecular weight excluding hydrogens is 172 g/mol. The zero-order valence-corrected chi connectivity index (χ0v) is 8.62. The number of hydrogen-bond donors (Lipinski definition) is 2. The molecule has 72 valence electrons. The van der Waals surface area contributed by atoms with E-state index in [4.69, 9.17) is 5.73 Å². The summed E-state index contributed by atoms with van der Waals surface area (Å²) in [6.45, 7) is 4.50. The fourth-order valence-electron chi connectivity index (χ4n) is 0.715. The normalized spacial score (nSPS) is 12.6. The van der Waals surface area contributed by atoms with Crippen molar-refractivity contribution in [1.82, 2.24) is 5.32 Å². The maximum Gasteiger partial charge on any atom is 0.221 e. The highest BCUT2D eigenvalue weighted by atomic mass is 32.2. The van der Waals surface area contributed by atoms with Gasteiger partial charge in [0.1, 0.15) is 0 Å². The predicted octanol–water partition coefficient (Wildman–Crippen LogP) is 0.593. The van der Waals surface area contributed by atoms with Crippen molar-refractivity contribution in [1.29, 1.82) is 0 Å². The van der Waals surface area contributed by atoms with Crippen LogP contribution in [-0.2, 0) is 4.79 Å². The second-order valence-corrected chi connectivity index (χ2v) is 4.05. The summed E-state index contributed by atoms with van der Waals surface area (Å²) >= 11 is 1.78. The van der Waals surface area contributed by atoms with Crippen LogP contribution in [0.25, 0.3) is 0 Å². The maximum absolute atomic E-state index is 11.1. The second-order valence-electron chi connectivity index (χ2n) is 2.65. The lowest BCUT2D eigenvalue weighted by atomic mass is 10.3. The fourth-order valence-corrected chi connectivity index (χ4v) is 1.33. The van der Waals surface area contributed by atoms with Crippen molar-refractivity contribution in [3.63, 3.8) is 0 Å². The first-order valence-electron chi connectivity index (χ1n) is 4.27. The number of thioether (sulfide) groups is 1. The molecule has 0 aliphatic rings. The van der Waals surface area contributed by atoms with Crippen molar-refractivity contribution < 1.29 is 4.79 Å². The van der Waals surface area contributed by atoms with Crippen LogP contribution in [0.1, 0.15) is 20.3 Å². The minimum absolute atomic E-state index is 0.101. The lowest BCUT2D eigenvalue weighted by Crippen LogP contribution is -2.37. The number of carbonyl (C=O) groups is 1. The van der Waals surface area contributed by atoms with Crippen LogP contribution in [0.2, 0.25) is 0 Å². The van der Waals surface area contributed by atoms with Crippen molar-refractivity contribution in [2.24, 2.45) is 5.73 Å². The first-order valence-corrected chi connectivity index (χ1v) is 5.43. The van der Waals surface area contributed by atoms with Gasteiger partial charge in [0.2, 0.25) is 5.91 Å². The molecule has 1 amide bonds. The zero-order valence-electron chi connectivity index (χ0n) is 7.80. The van der Waals surface area contributed by atoms with Gasteiger partial charge in [-0.3, -0.25) is 4.79 Å². The first-order chi connectivity index (χ1) is 5.70. The van der Waals surface area contributed by atoms with Crippen LogP contribution in [0.4, 0.5) is 0 Å². The molecule has 3 nitrogen and oxygen atoms in total. The number of nitrogens with one attached hydrogen (secondary N) is 1. The van der Waals surface area contributed by atoms with Gasteiger partial charge in [0, 0.05) is 24.8 Å². The molecule has 12 heavy (non-hydrogen) atoms. The molecule has 0 aliphatic carbocycles. The summed E-state index contributed by atoms with van der Waals surface area (Å²) in [5.41, 5.74) is 5.36. The highest BCUT2D eigenvalue weighted by Gasteiger charge is 2.04. The molecule has 0 spiro atoms. The summed E-state index contributed by atoms with van der Waals surface area (Å²) in [5.74, 6) is 2.08. The monoisotopic (exact) mass is 190 g/mol. The summed E-state index contributed by atoms with van der Waals surface area (Å²) in [6.07, 6.45) is 0.600. The van der Waals surface area contributed by atoms with E-state index in [0.29, 0.717) is 13.0 Å². The molecular formula is C8H18N2OS. The van der Waals surface area contributed by atoms with Gasteiger partial charge < -0.3 is 11.1 Å². The largest absolute Gasteiger partial charge is 0.352 e. The molecule has 0 saturated carbocycles. The molecule has 0 saturated heterocycles. The van der Waals surface area contributed by atoms with Crippen LogP contribution >= 0.6 is 11.8 Å². The Morgan fingerprint density at radius 2 is 2.33 bits per heavy atom. The van der Waals surface area contributed by atoms with Gasteiger partial charge >= 0.3 is 0 Å². The summed E-state index contributed by atoms with van der Waals surface area (Å²) in [5, 5.41) is 2.81. The predicted molar refractivity (Wildman–Crippen MR) is 54.3 cm³/mol. The molecule has 4 heteroatoms. The third-order valence-electron chi connectivity index (χ3n) is 1.44. The molecule has 0 radical (unpaired) electrons. The van der Waals surface area contributed by atoms with Crippen LogP contribution in [-0.4, -0.2) is 30.0 Å². The van der Waals surface area contributed by atoms with Gasteiger partial charge in [0.15, 0.2) is 0 Å². The van der Waals surface area contributed by atoms with Crippen LogP contribution in [0.15, 0.2) is 0 Å². The lowest BCUT2D eigenvalue weighted by Gasteiger charge is -2.10. The molecule has 0 heterocycles. The molecule has 0 aromatic carbocycles. The minimum Gasteiger partial charge on any atom is -0.352 e. The van der Waals surface area contributed by atoms with E-state index in [1.807, 2.05) is 6.92 Å². The molecule has 0 rings (SSSR count). The Labute approximate surface area is 78.5 Å². The molecule has 0 aromatic heterocycles. The smallest absolute Gasteiger partial charge is 0.221 e. The topological polar surface area (TPSA) is 55.1 Å². The standard InChI is InChI=1S/C8H18N2OS/c1-3-12-5-4-8(11)10-7(2)6-9/h7H,3-6,9H2,1-2H3,(H,10,11). The molecule has 0 fully saturated rings. The van der Waals surface area contributed by atoms with E-state index in [0.717, 1.165) is 11.5 Å². The van der Waals surface area contributed by atoms with Gasteiger partial charge in [0.25, 0.3) is 0 Å². The Kier molecular flexibility index (Phi) is 7.29. The zero-order chi connectivity index (χ0) is 9.40. The van der Waals surface area contributed by atoms with Crippen molar-refractivity contribution in [3.05, 3.63) is 0 Å². The van der Waals surface area contributed by atoms with E-state index in [2.05, 4.69) is 12.2 Å². The average molecular weight is 190 g/mol. The lowest BCUT2D eigenvalue weighted by molar-refractivity contribution is -0.121. The Morgan fingerprint density at radius 3 is 2.83 bits per heavy atom. The van der Waals surface area contributed by atoms with Crippen LogP contribution in [0.3, 0.4) is 0 Å². The summed E-state index contributed by atoms with van der Waals surface area (Å²) in [4.78, 5) is 11.1. The third kappa shape index (κ3) is 6.49. The average Bonchev–Trinajstić information content (AvgIpc) is 2.05. The molecule has 1 atom stereocenters. The molecule has 3 N–H and O–H groups in total. The van der Waals surface area contributed by atoms with Crippen molar-refractivity contribution >= 4 is 17.7 Å². The first kappa shape index (κ1) is 11.8. The Hall–Kier alpha value is -0.220. The fraction of sp³-hybridized carbons (Fsp3) is 0.875. The summed E-state index contributed by atoms with van der Waals surface area (Å²) in [6, 6.07) is 0.101. The van der Waals surface area contributed by atoms with E-state index < -0.39 is 0 Å².